The summed E-state index contributed by atoms with van der Waals surface area (Å²) in [6, 6.07) is 1.59. The maximum absolute atomic E-state index is 12.4. The standard InChI is InChI=1S/C13H19ClN4O/c1-2-3-17-4-6-18(7-5-17)13(19)11-8-10(15)9-16-12(11)14/h8-9H,2-7,15H2,1H3. The summed E-state index contributed by atoms with van der Waals surface area (Å²) in [5, 5.41) is 0.218. The molecule has 2 N–H and O–H groups in total. The van der Waals surface area contributed by atoms with Gasteiger partial charge in [-0.1, -0.05) is 18.5 Å². The summed E-state index contributed by atoms with van der Waals surface area (Å²) in [7, 11) is 0. The Morgan fingerprint density at radius 1 is 1.42 bits per heavy atom. The van der Waals surface area contributed by atoms with Gasteiger partial charge in [0.25, 0.3) is 5.91 Å². The highest BCUT2D eigenvalue weighted by molar-refractivity contribution is 6.32. The molecular weight excluding hydrogens is 264 g/mol. The van der Waals surface area contributed by atoms with E-state index in [1.54, 1.807) is 6.07 Å². The van der Waals surface area contributed by atoms with E-state index in [-0.39, 0.29) is 11.1 Å². The van der Waals surface area contributed by atoms with Crippen molar-refractivity contribution >= 4 is 23.2 Å². The second-order valence-electron chi connectivity index (χ2n) is 4.74. The molecule has 2 heterocycles. The number of piperazine rings is 1. The Kier molecular flexibility index (Phi) is 4.61. The summed E-state index contributed by atoms with van der Waals surface area (Å²) in [6.45, 7) is 6.52. The summed E-state index contributed by atoms with van der Waals surface area (Å²) >= 11 is 5.96. The molecule has 0 bridgehead atoms. The minimum absolute atomic E-state index is 0.0825. The van der Waals surface area contributed by atoms with Gasteiger partial charge in [-0.3, -0.25) is 9.69 Å². The average molecular weight is 283 g/mol. The van der Waals surface area contributed by atoms with Crippen molar-refractivity contribution in [3.05, 3.63) is 23.0 Å². The van der Waals surface area contributed by atoms with E-state index < -0.39 is 0 Å². The van der Waals surface area contributed by atoms with Crippen LogP contribution in [0.2, 0.25) is 5.15 Å². The smallest absolute Gasteiger partial charge is 0.257 e. The molecule has 1 saturated heterocycles. The zero-order valence-corrected chi connectivity index (χ0v) is 11.9. The lowest BCUT2D eigenvalue weighted by Crippen LogP contribution is -2.48. The zero-order valence-electron chi connectivity index (χ0n) is 11.1. The third-order valence-corrected chi connectivity index (χ3v) is 3.59. The quantitative estimate of drug-likeness (QED) is 0.853. The molecule has 1 amide bonds. The SMILES string of the molecule is CCCN1CCN(C(=O)c2cc(N)cnc2Cl)CC1. The number of nitrogens with zero attached hydrogens (tertiary/aromatic N) is 3. The predicted molar refractivity (Wildman–Crippen MR) is 76.3 cm³/mol. The molecule has 0 radical (unpaired) electrons. The van der Waals surface area contributed by atoms with Gasteiger partial charge in [0.1, 0.15) is 5.15 Å². The molecule has 6 heteroatoms. The number of carbonyl (C=O) groups excluding carboxylic acids is 1. The first kappa shape index (κ1) is 14.1. The van der Waals surface area contributed by atoms with Crippen LogP contribution in [0.5, 0.6) is 0 Å². The molecule has 2 rings (SSSR count). The number of hydrogen-bond donors (Lipinski definition) is 1. The number of anilines is 1. The van der Waals surface area contributed by atoms with E-state index in [9.17, 15) is 4.79 Å². The number of rotatable bonds is 3. The topological polar surface area (TPSA) is 62.5 Å². The van der Waals surface area contributed by atoms with Gasteiger partial charge >= 0.3 is 0 Å². The number of hydrogen-bond acceptors (Lipinski definition) is 4. The van der Waals surface area contributed by atoms with Crippen LogP contribution in [-0.4, -0.2) is 53.4 Å². The van der Waals surface area contributed by atoms with Crippen LogP contribution in [0.15, 0.2) is 12.3 Å². The maximum atomic E-state index is 12.4. The molecule has 0 atom stereocenters. The normalized spacial score (nSPS) is 16.6. The number of pyridine rings is 1. The minimum Gasteiger partial charge on any atom is -0.397 e. The summed E-state index contributed by atoms with van der Waals surface area (Å²) < 4.78 is 0. The van der Waals surface area contributed by atoms with Gasteiger partial charge in [-0.15, -0.1) is 0 Å². The highest BCUT2D eigenvalue weighted by Gasteiger charge is 2.23. The first-order chi connectivity index (χ1) is 9.11. The van der Waals surface area contributed by atoms with Crippen molar-refractivity contribution < 1.29 is 4.79 Å². The lowest BCUT2D eigenvalue weighted by Gasteiger charge is -2.34. The third kappa shape index (κ3) is 3.36. The van der Waals surface area contributed by atoms with Gasteiger partial charge in [0.2, 0.25) is 0 Å². The van der Waals surface area contributed by atoms with Crippen LogP contribution in [0.1, 0.15) is 23.7 Å². The van der Waals surface area contributed by atoms with Crippen LogP contribution >= 0.6 is 11.6 Å². The third-order valence-electron chi connectivity index (χ3n) is 3.29. The van der Waals surface area contributed by atoms with Crippen LogP contribution in [0.4, 0.5) is 5.69 Å². The second-order valence-corrected chi connectivity index (χ2v) is 5.10. The molecule has 1 aliphatic heterocycles. The Balaban J connectivity index is 2.03. The van der Waals surface area contributed by atoms with Gasteiger partial charge in [-0.05, 0) is 19.0 Å². The Hall–Kier alpha value is -1.33. The molecule has 1 aromatic rings. The fourth-order valence-corrected chi connectivity index (χ4v) is 2.46. The summed E-state index contributed by atoms with van der Waals surface area (Å²) in [4.78, 5) is 20.5. The Bertz CT molecular complexity index is 458. The Morgan fingerprint density at radius 2 is 2.11 bits per heavy atom. The van der Waals surface area contributed by atoms with Crippen molar-refractivity contribution in [1.82, 2.24) is 14.8 Å². The van der Waals surface area contributed by atoms with E-state index in [0.29, 0.717) is 11.3 Å². The highest BCUT2D eigenvalue weighted by atomic mass is 35.5. The van der Waals surface area contributed by atoms with Crippen LogP contribution in [0.3, 0.4) is 0 Å². The monoisotopic (exact) mass is 282 g/mol. The molecule has 0 saturated carbocycles. The maximum Gasteiger partial charge on any atom is 0.257 e. The zero-order chi connectivity index (χ0) is 13.8. The van der Waals surface area contributed by atoms with Crippen LogP contribution in [0, 0.1) is 0 Å². The minimum atomic E-state index is -0.0825. The number of halogens is 1. The molecule has 0 aromatic carbocycles. The summed E-state index contributed by atoms with van der Waals surface area (Å²) in [5.41, 5.74) is 6.51. The lowest BCUT2D eigenvalue weighted by atomic mass is 10.2. The highest BCUT2D eigenvalue weighted by Crippen LogP contribution is 2.18. The number of carbonyl (C=O) groups is 1. The predicted octanol–water partition coefficient (Wildman–Crippen LogP) is 1.48. The number of amides is 1. The lowest BCUT2D eigenvalue weighted by molar-refractivity contribution is 0.0637. The van der Waals surface area contributed by atoms with Gasteiger partial charge in [0.15, 0.2) is 0 Å². The summed E-state index contributed by atoms with van der Waals surface area (Å²) in [6.07, 6.45) is 2.59. The van der Waals surface area contributed by atoms with Crippen molar-refractivity contribution in [3.63, 3.8) is 0 Å². The molecule has 104 valence electrons. The Labute approximate surface area is 118 Å². The average Bonchev–Trinajstić information content (AvgIpc) is 2.42. The van der Waals surface area contributed by atoms with Crippen molar-refractivity contribution in [2.24, 2.45) is 0 Å². The molecule has 19 heavy (non-hydrogen) atoms. The second kappa shape index (κ2) is 6.21. The molecule has 0 spiro atoms. The van der Waals surface area contributed by atoms with Crippen LogP contribution < -0.4 is 5.73 Å². The van der Waals surface area contributed by atoms with E-state index in [1.165, 1.54) is 6.20 Å². The van der Waals surface area contributed by atoms with Crippen LogP contribution in [0.25, 0.3) is 0 Å². The van der Waals surface area contributed by atoms with E-state index in [0.717, 1.165) is 39.1 Å². The first-order valence-corrected chi connectivity index (χ1v) is 6.92. The van der Waals surface area contributed by atoms with Gasteiger partial charge in [0, 0.05) is 26.2 Å². The molecule has 1 fully saturated rings. The van der Waals surface area contributed by atoms with Gasteiger partial charge in [0.05, 0.1) is 17.4 Å². The molecular formula is C13H19ClN4O. The molecule has 5 nitrogen and oxygen atoms in total. The van der Waals surface area contributed by atoms with Gasteiger partial charge in [-0.25, -0.2) is 4.98 Å². The molecule has 0 aliphatic carbocycles. The summed E-state index contributed by atoms with van der Waals surface area (Å²) in [5.74, 6) is -0.0825. The molecule has 1 aliphatic rings. The Morgan fingerprint density at radius 3 is 2.74 bits per heavy atom. The van der Waals surface area contributed by atoms with Crippen molar-refractivity contribution in [3.8, 4) is 0 Å². The van der Waals surface area contributed by atoms with Crippen LogP contribution in [-0.2, 0) is 0 Å². The molecule has 0 unspecified atom stereocenters. The van der Waals surface area contributed by atoms with E-state index in [4.69, 9.17) is 17.3 Å². The van der Waals surface area contributed by atoms with E-state index in [1.807, 2.05) is 4.90 Å². The largest absolute Gasteiger partial charge is 0.397 e. The fourth-order valence-electron chi connectivity index (χ4n) is 2.28. The van der Waals surface area contributed by atoms with E-state index >= 15 is 0 Å². The fraction of sp³-hybridized carbons (Fsp3) is 0.538. The molecule has 1 aromatic heterocycles. The van der Waals surface area contributed by atoms with E-state index in [2.05, 4.69) is 16.8 Å². The van der Waals surface area contributed by atoms with Crippen molar-refractivity contribution in [2.75, 3.05) is 38.5 Å². The van der Waals surface area contributed by atoms with Crippen molar-refractivity contribution in [1.29, 1.82) is 0 Å². The van der Waals surface area contributed by atoms with Crippen molar-refractivity contribution in [2.45, 2.75) is 13.3 Å². The first-order valence-electron chi connectivity index (χ1n) is 6.54. The van der Waals surface area contributed by atoms with Gasteiger partial charge < -0.3 is 10.6 Å². The number of nitrogens with two attached hydrogens (primary N) is 1. The number of nitrogen functional groups attached to an aromatic ring is 1. The van der Waals surface area contributed by atoms with Gasteiger partial charge in [-0.2, -0.15) is 0 Å². The number of aromatic nitrogens is 1.